The monoisotopic (exact) mass is 300 g/mol. The summed E-state index contributed by atoms with van der Waals surface area (Å²) < 4.78 is 5.46. The van der Waals surface area contributed by atoms with E-state index in [1.165, 1.54) is 43.2 Å². The maximum atomic E-state index is 10.5. The molecule has 2 fully saturated rings. The van der Waals surface area contributed by atoms with Gasteiger partial charge >= 0.3 is 0 Å². The fourth-order valence-electron chi connectivity index (χ4n) is 6.03. The van der Waals surface area contributed by atoms with Crippen molar-refractivity contribution in [2.24, 2.45) is 17.3 Å². The first-order valence-corrected chi connectivity index (χ1v) is 8.90. The number of aryl methyl sites for hydroxylation is 2. The zero-order valence-corrected chi connectivity index (χ0v) is 14.1. The van der Waals surface area contributed by atoms with Crippen LogP contribution in [0.25, 0.3) is 0 Å². The van der Waals surface area contributed by atoms with Crippen LogP contribution in [0.15, 0.2) is 12.1 Å². The summed E-state index contributed by atoms with van der Waals surface area (Å²) in [5.41, 5.74) is 4.71. The predicted molar refractivity (Wildman–Crippen MR) is 88.4 cm³/mol. The van der Waals surface area contributed by atoms with Crippen LogP contribution in [0.4, 0.5) is 0 Å². The van der Waals surface area contributed by atoms with Gasteiger partial charge in [-0.3, -0.25) is 0 Å². The van der Waals surface area contributed by atoms with E-state index in [-0.39, 0.29) is 11.5 Å². The van der Waals surface area contributed by atoms with E-state index >= 15 is 0 Å². The Kier molecular flexibility index (Phi) is 3.30. The molecule has 0 bridgehead atoms. The van der Waals surface area contributed by atoms with Gasteiger partial charge in [0, 0.05) is 0 Å². The van der Waals surface area contributed by atoms with E-state index in [0.717, 1.165) is 24.0 Å². The van der Waals surface area contributed by atoms with Crippen LogP contribution in [0.5, 0.6) is 5.75 Å². The highest BCUT2D eigenvalue weighted by molar-refractivity contribution is 5.46. The summed E-state index contributed by atoms with van der Waals surface area (Å²) in [4.78, 5) is 0. The number of ether oxygens (including phenoxy) is 1. The number of benzene rings is 1. The van der Waals surface area contributed by atoms with Gasteiger partial charge in [-0.25, -0.2) is 0 Å². The summed E-state index contributed by atoms with van der Waals surface area (Å²) >= 11 is 0. The quantitative estimate of drug-likeness (QED) is 0.841. The van der Waals surface area contributed by atoms with Crippen molar-refractivity contribution in [1.29, 1.82) is 0 Å². The second-order valence-electron chi connectivity index (χ2n) is 8.07. The largest absolute Gasteiger partial charge is 0.497 e. The zero-order valence-electron chi connectivity index (χ0n) is 14.1. The average molecular weight is 300 g/mol. The van der Waals surface area contributed by atoms with Crippen molar-refractivity contribution < 1.29 is 9.84 Å². The Labute approximate surface area is 133 Å². The second-order valence-corrected chi connectivity index (χ2v) is 8.07. The van der Waals surface area contributed by atoms with E-state index in [1.807, 2.05) is 0 Å². The van der Waals surface area contributed by atoms with Gasteiger partial charge in [-0.15, -0.1) is 0 Å². The lowest BCUT2D eigenvalue weighted by Crippen LogP contribution is -2.44. The zero-order chi connectivity index (χ0) is 15.5. The van der Waals surface area contributed by atoms with Crippen molar-refractivity contribution in [2.45, 2.75) is 64.4 Å². The molecular weight excluding hydrogens is 272 g/mol. The molecule has 0 aliphatic heterocycles. The minimum atomic E-state index is -0.0724. The highest BCUT2D eigenvalue weighted by atomic mass is 16.5. The van der Waals surface area contributed by atoms with Crippen molar-refractivity contribution in [3.63, 3.8) is 0 Å². The normalized spacial score (nSPS) is 39.8. The molecule has 0 spiro atoms. The molecule has 2 saturated carbocycles. The smallest absolute Gasteiger partial charge is 0.119 e. The van der Waals surface area contributed by atoms with E-state index in [9.17, 15) is 5.11 Å². The Balaban J connectivity index is 1.73. The molecule has 3 aliphatic carbocycles. The number of aliphatic hydroxyl groups is 1. The number of methoxy groups -OCH3 is 1. The number of fused-ring (bicyclic) bond motifs is 5. The van der Waals surface area contributed by atoms with Crippen LogP contribution in [0.1, 0.15) is 61.6 Å². The van der Waals surface area contributed by atoms with Gasteiger partial charge in [-0.05, 0) is 97.4 Å². The van der Waals surface area contributed by atoms with Gasteiger partial charge in [0.25, 0.3) is 0 Å². The summed E-state index contributed by atoms with van der Waals surface area (Å²) in [5, 5.41) is 10.5. The Morgan fingerprint density at radius 1 is 1.18 bits per heavy atom. The van der Waals surface area contributed by atoms with Crippen LogP contribution in [-0.4, -0.2) is 18.3 Å². The molecule has 1 aromatic carbocycles. The van der Waals surface area contributed by atoms with Gasteiger partial charge in [-0.1, -0.05) is 6.92 Å². The maximum absolute atomic E-state index is 10.5. The standard InChI is InChI=1S/C20H28O2/c1-12-10-14(22-3)11-13-4-5-15-16(19(12)13)8-9-20(2)17(15)6-7-18(20)21/h10-11,15-18,21H,4-9H2,1-3H3/t15-,16-,17-,18-,20+/m1/s1. The summed E-state index contributed by atoms with van der Waals surface area (Å²) in [6.07, 6.45) is 7.06. The molecule has 0 saturated heterocycles. The molecule has 0 aromatic heterocycles. The van der Waals surface area contributed by atoms with Crippen molar-refractivity contribution in [3.05, 3.63) is 28.8 Å². The van der Waals surface area contributed by atoms with Crippen LogP contribution in [0.2, 0.25) is 0 Å². The number of rotatable bonds is 1. The first-order valence-electron chi connectivity index (χ1n) is 8.90. The van der Waals surface area contributed by atoms with E-state index in [1.54, 1.807) is 12.7 Å². The molecule has 0 amide bonds. The van der Waals surface area contributed by atoms with Crippen LogP contribution in [0, 0.1) is 24.2 Å². The van der Waals surface area contributed by atoms with Crippen LogP contribution >= 0.6 is 0 Å². The number of aliphatic hydroxyl groups excluding tert-OH is 1. The Morgan fingerprint density at radius 2 is 2.00 bits per heavy atom. The number of hydrogen-bond donors (Lipinski definition) is 1. The third-order valence-electron chi connectivity index (χ3n) is 7.19. The second kappa shape index (κ2) is 4.99. The molecule has 4 rings (SSSR count). The van der Waals surface area contributed by atoms with Crippen molar-refractivity contribution in [2.75, 3.05) is 7.11 Å². The predicted octanol–water partition coefficient (Wildman–Crippen LogP) is 4.22. The fraction of sp³-hybridized carbons (Fsp3) is 0.700. The highest BCUT2D eigenvalue weighted by Gasteiger charge is 2.54. The summed E-state index contributed by atoms with van der Waals surface area (Å²) in [6.45, 7) is 4.60. The lowest BCUT2D eigenvalue weighted by Gasteiger charge is -2.50. The lowest BCUT2D eigenvalue weighted by atomic mass is 9.55. The van der Waals surface area contributed by atoms with Crippen molar-refractivity contribution >= 4 is 0 Å². The number of hydrogen-bond acceptors (Lipinski definition) is 2. The Hall–Kier alpha value is -1.02. The van der Waals surface area contributed by atoms with E-state index in [4.69, 9.17) is 4.74 Å². The van der Waals surface area contributed by atoms with Gasteiger partial charge in [0.1, 0.15) is 5.75 Å². The summed E-state index contributed by atoms with van der Waals surface area (Å²) in [5.74, 6) is 3.20. The molecule has 3 aliphatic rings. The molecular formula is C20H28O2. The van der Waals surface area contributed by atoms with Gasteiger partial charge in [-0.2, -0.15) is 0 Å². The maximum Gasteiger partial charge on any atom is 0.119 e. The third kappa shape index (κ3) is 1.89. The van der Waals surface area contributed by atoms with Crippen LogP contribution in [-0.2, 0) is 6.42 Å². The lowest BCUT2D eigenvalue weighted by molar-refractivity contribution is -0.0227. The summed E-state index contributed by atoms with van der Waals surface area (Å²) in [6, 6.07) is 4.47. The molecule has 0 radical (unpaired) electrons. The molecule has 0 unspecified atom stereocenters. The minimum absolute atomic E-state index is 0.0724. The fourth-order valence-corrected chi connectivity index (χ4v) is 6.03. The Bertz CT molecular complexity index is 594. The molecule has 5 atom stereocenters. The van der Waals surface area contributed by atoms with Gasteiger partial charge in [0.2, 0.25) is 0 Å². The van der Waals surface area contributed by atoms with E-state index in [0.29, 0.717) is 5.92 Å². The summed E-state index contributed by atoms with van der Waals surface area (Å²) in [7, 11) is 1.76. The average Bonchev–Trinajstić information content (AvgIpc) is 2.82. The molecule has 2 nitrogen and oxygen atoms in total. The van der Waals surface area contributed by atoms with Crippen molar-refractivity contribution in [3.8, 4) is 5.75 Å². The Morgan fingerprint density at radius 3 is 2.77 bits per heavy atom. The highest BCUT2D eigenvalue weighted by Crippen LogP contribution is 2.61. The van der Waals surface area contributed by atoms with Gasteiger partial charge in [0.05, 0.1) is 13.2 Å². The molecule has 22 heavy (non-hydrogen) atoms. The molecule has 2 heteroatoms. The van der Waals surface area contributed by atoms with Crippen molar-refractivity contribution in [1.82, 2.24) is 0 Å². The van der Waals surface area contributed by atoms with Crippen LogP contribution in [0.3, 0.4) is 0 Å². The molecule has 0 heterocycles. The SMILES string of the molecule is COc1cc(C)c2c(c1)CC[C@H]1[C@H]3CC[C@@H](O)[C@@]3(C)CC[C@@H]21. The first kappa shape index (κ1) is 14.6. The third-order valence-corrected chi connectivity index (χ3v) is 7.19. The van der Waals surface area contributed by atoms with Gasteiger partial charge < -0.3 is 9.84 Å². The van der Waals surface area contributed by atoms with E-state index in [2.05, 4.69) is 26.0 Å². The molecule has 120 valence electrons. The van der Waals surface area contributed by atoms with Gasteiger partial charge in [0.15, 0.2) is 0 Å². The van der Waals surface area contributed by atoms with E-state index < -0.39 is 0 Å². The first-order chi connectivity index (χ1) is 10.5. The molecule has 1 aromatic rings. The van der Waals surface area contributed by atoms with Crippen LogP contribution < -0.4 is 4.74 Å². The molecule has 1 N–H and O–H groups in total. The minimum Gasteiger partial charge on any atom is -0.497 e. The topological polar surface area (TPSA) is 29.5 Å².